The van der Waals surface area contributed by atoms with E-state index >= 15 is 0 Å². The number of hydrogen-bond acceptors (Lipinski definition) is 4. The maximum atomic E-state index is 12.9. The monoisotopic (exact) mass is 410 g/mol. The van der Waals surface area contributed by atoms with E-state index in [-0.39, 0.29) is 12.3 Å². The second-order valence-corrected chi connectivity index (χ2v) is 9.48. The van der Waals surface area contributed by atoms with Gasteiger partial charge < -0.3 is 20.4 Å². The Labute approximate surface area is 171 Å². The zero-order chi connectivity index (χ0) is 21.3. The summed E-state index contributed by atoms with van der Waals surface area (Å²) in [4.78, 5) is 26.4. The van der Waals surface area contributed by atoms with Crippen molar-refractivity contribution in [3.63, 3.8) is 0 Å². The highest BCUT2D eigenvalue weighted by molar-refractivity contribution is 6.30. The number of hydrogen-bond donors (Lipinski definition) is 3. The number of nitrogens with one attached hydrogen (secondary N) is 1. The standard InChI is InChI=1S/C21H31ClN2O4/c1-14(25)18(27)23-20(4,5)12-17(26)24-11-10-21(28,19(2,3)13-24)15-6-8-16(22)9-7-15/h6-9,14,25,28H,10-13H2,1-5H3,(H,23,27)/t14-,21+/m1/s1. The van der Waals surface area contributed by atoms with Gasteiger partial charge >= 0.3 is 0 Å². The van der Waals surface area contributed by atoms with Gasteiger partial charge in [0, 0.05) is 35.5 Å². The van der Waals surface area contributed by atoms with Crippen LogP contribution in [-0.2, 0) is 15.2 Å². The quantitative estimate of drug-likeness (QED) is 0.695. The van der Waals surface area contributed by atoms with E-state index in [1.807, 2.05) is 26.0 Å². The summed E-state index contributed by atoms with van der Waals surface area (Å²) in [5, 5.41) is 24.1. The first-order valence-corrected chi connectivity index (χ1v) is 9.91. The number of halogens is 1. The average Bonchev–Trinajstić information content (AvgIpc) is 2.56. The van der Waals surface area contributed by atoms with E-state index in [2.05, 4.69) is 5.32 Å². The number of benzene rings is 1. The Balaban J connectivity index is 2.10. The molecule has 1 aliphatic heterocycles. The topological polar surface area (TPSA) is 89.9 Å². The molecule has 1 aliphatic rings. The molecule has 0 aromatic heterocycles. The molecule has 1 fully saturated rings. The third kappa shape index (κ3) is 4.85. The summed E-state index contributed by atoms with van der Waals surface area (Å²) in [6.07, 6.45) is -0.605. The second-order valence-electron chi connectivity index (χ2n) is 9.04. The van der Waals surface area contributed by atoms with Gasteiger partial charge in [0.05, 0.1) is 5.60 Å². The molecule has 0 saturated carbocycles. The SMILES string of the molecule is C[C@@H](O)C(=O)NC(C)(C)CC(=O)N1CC[C@](O)(c2ccc(Cl)cc2)C(C)(C)C1. The van der Waals surface area contributed by atoms with E-state index in [0.717, 1.165) is 5.56 Å². The van der Waals surface area contributed by atoms with Crippen molar-refractivity contribution < 1.29 is 19.8 Å². The molecule has 2 rings (SSSR count). The number of carbonyl (C=O) groups is 2. The largest absolute Gasteiger partial charge is 0.384 e. The molecule has 2 amide bonds. The number of carbonyl (C=O) groups excluding carboxylic acids is 2. The van der Waals surface area contributed by atoms with Gasteiger partial charge in [-0.05, 0) is 44.9 Å². The van der Waals surface area contributed by atoms with Gasteiger partial charge in [-0.2, -0.15) is 0 Å². The Hall–Kier alpha value is -1.63. The number of nitrogens with zero attached hydrogens (tertiary/aromatic N) is 1. The summed E-state index contributed by atoms with van der Waals surface area (Å²) in [6, 6.07) is 7.18. The lowest BCUT2D eigenvalue weighted by Crippen LogP contribution is -2.58. The third-order valence-electron chi connectivity index (χ3n) is 5.56. The predicted molar refractivity (Wildman–Crippen MR) is 109 cm³/mol. The molecule has 28 heavy (non-hydrogen) atoms. The van der Waals surface area contributed by atoms with Crippen LogP contribution in [0.4, 0.5) is 0 Å². The molecule has 0 bridgehead atoms. The van der Waals surface area contributed by atoms with Crippen LogP contribution in [0.3, 0.4) is 0 Å². The molecule has 1 heterocycles. The normalized spacial score (nSPS) is 23.2. The molecule has 0 unspecified atom stereocenters. The fourth-order valence-electron chi connectivity index (χ4n) is 3.77. The molecular formula is C21H31ClN2O4. The molecule has 3 N–H and O–H groups in total. The first-order chi connectivity index (χ1) is 12.8. The van der Waals surface area contributed by atoms with Crippen molar-refractivity contribution in [3.8, 4) is 0 Å². The van der Waals surface area contributed by atoms with Crippen molar-refractivity contribution in [1.29, 1.82) is 0 Å². The maximum Gasteiger partial charge on any atom is 0.248 e. The van der Waals surface area contributed by atoms with Crippen molar-refractivity contribution in [2.45, 2.75) is 64.7 Å². The van der Waals surface area contributed by atoms with Gasteiger partial charge in [0.25, 0.3) is 0 Å². The molecule has 7 heteroatoms. The number of piperidine rings is 1. The molecule has 156 valence electrons. The van der Waals surface area contributed by atoms with Gasteiger partial charge in [-0.25, -0.2) is 0 Å². The van der Waals surface area contributed by atoms with Crippen LogP contribution in [0.1, 0.15) is 53.0 Å². The average molecular weight is 411 g/mol. The highest BCUT2D eigenvalue weighted by Gasteiger charge is 2.49. The number of amides is 2. The highest BCUT2D eigenvalue weighted by atomic mass is 35.5. The van der Waals surface area contributed by atoms with Crippen molar-refractivity contribution >= 4 is 23.4 Å². The van der Waals surface area contributed by atoms with Crippen LogP contribution in [0, 0.1) is 5.41 Å². The molecule has 1 aromatic rings. The summed E-state index contributed by atoms with van der Waals surface area (Å²) in [5.41, 5.74) is -1.62. The van der Waals surface area contributed by atoms with E-state index in [0.29, 0.717) is 24.5 Å². The maximum absolute atomic E-state index is 12.9. The molecule has 0 radical (unpaired) electrons. The van der Waals surface area contributed by atoms with Gasteiger partial charge in [-0.15, -0.1) is 0 Å². The Morgan fingerprint density at radius 2 is 1.86 bits per heavy atom. The lowest BCUT2D eigenvalue weighted by molar-refractivity contribution is -0.154. The van der Waals surface area contributed by atoms with Gasteiger partial charge in [0.15, 0.2) is 0 Å². The molecule has 1 saturated heterocycles. The van der Waals surface area contributed by atoms with Gasteiger partial charge in [-0.1, -0.05) is 37.6 Å². The molecular weight excluding hydrogens is 380 g/mol. The minimum atomic E-state index is -1.13. The van der Waals surface area contributed by atoms with Crippen LogP contribution < -0.4 is 5.32 Å². The summed E-state index contributed by atoms with van der Waals surface area (Å²) < 4.78 is 0. The van der Waals surface area contributed by atoms with Crippen LogP contribution in [0.15, 0.2) is 24.3 Å². The van der Waals surface area contributed by atoms with E-state index in [9.17, 15) is 19.8 Å². The number of likely N-dealkylation sites (tertiary alicyclic amines) is 1. The fraction of sp³-hybridized carbons (Fsp3) is 0.619. The smallest absolute Gasteiger partial charge is 0.248 e. The van der Waals surface area contributed by atoms with Crippen molar-refractivity contribution in [1.82, 2.24) is 10.2 Å². The minimum absolute atomic E-state index is 0.0953. The van der Waals surface area contributed by atoms with E-state index in [1.54, 1.807) is 30.9 Å². The van der Waals surface area contributed by atoms with Crippen molar-refractivity contribution in [3.05, 3.63) is 34.9 Å². The zero-order valence-corrected chi connectivity index (χ0v) is 18.0. The molecule has 6 nitrogen and oxygen atoms in total. The Morgan fingerprint density at radius 3 is 2.36 bits per heavy atom. The van der Waals surface area contributed by atoms with Gasteiger partial charge in [-0.3, -0.25) is 9.59 Å². The highest BCUT2D eigenvalue weighted by Crippen LogP contribution is 2.46. The summed E-state index contributed by atoms with van der Waals surface area (Å²) in [7, 11) is 0. The predicted octanol–water partition coefficient (Wildman–Crippen LogP) is 2.45. The molecule has 0 spiro atoms. The molecule has 0 aliphatic carbocycles. The Morgan fingerprint density at radius 1 is 1.29 bits per heavy atom. The first kappa shape index (κ1) is 22.7. The number of aliphatic hydroxyl groups is 2. The van der Waals surface area contributed by atoms with Gasteiger partial charge in [0.2, 0.25) is 11.8 Å². The Bertz CT molecular complexity index is 730. The summed E-state index contributed by atoms with van der Waals surface area (Å²) in [5.74, 6) is -0.601. The summed E-state index contributed by atoms with van der Waals surface area (Å²) >= 11 is 5.97. The lowest BCUT2D eigenvalue weighted by Gasteiger charge is -2.51. The third-order valence-corrected chi connectivity index (χ3v) is 5.81. The van der Waals surface area contributed by atoms with Crippen molar-refractivity contribution in [2.75, 3.05) is 13.1 Å². The van der Waals surface area contributed by atoms with Crippen LogP contribution in [0.25, 0.3) is 0 Å². The van der Waals surface area contributed by atoms with Gasteiger partial charge in [0.1, 0.15) is 6.10 Å². The zero-order valence-electron chi connectivity index (χ0n) is 17.3. The van der Waals surface area contributed by atoms with E-state index in [4.69, 9.17) is 11.6 Å². The summed E-state index contributed by atoms with van der Waals surface area (Å²) in [6.45, 7) is 9.60. The van der Waals surface area contributed by atoms with E-state index < -0.39 is 28.6 Å². The van der Waals surface area contributed by atoms with Crippen LogP contribution >= 0.6 is 11.6 Å². The Kier molecular flexibility index (Phi) is 6.48. The second kappa shape index (κ2) is 8.01. The number of aliphatic hydroxyl groups excluding tert-OH is 1. The van der Waals surface area contributed by atoms with E-state index in [1.165, 1.54) is 6.92 Å². The lowest BCUT2D eigenvalue weighted by atomic mass is 9.66. The van der Waals surface area contributed by atoms with Crippen LogP contribution in [0.2, 0.25) is 5.02 Å². The van der Waals surface area contributed by atoms with Crippen LogP contribution in [0.5, 0.6) is 0 Å². The van der Waals surface area contributed by atoms with Crippen molar-refractivity contribution in [2.24, 2.45) is 5.41 Å². The minimum Gasteiger partial charge on any atom is -0.384 e. The molecule has 1 aromatic carbocycles. The van der Waals surface area contributed by atoms with Crippen LogP contribution in [-0.4, -0.2) is 51.7 Å². The fourth-order valence-corrected chi connectivity index (χ4v) is 3.89. The molecule has 2 atom stereocenters. The first-order valence-electron chi connectivity index (χ1n) is 9.54. The number of rotatable bonds is 5.